The summed E-state index contributed by atoms with van der Waals surface area (Å²) >= 11 is 0. The number of rotatable bonds is 5. The van der Waals surface area contributed by atoms with Crippen LogP contribution in [0.5, 0.6) is 5.75 Å². The standard InChI is InChI=1S/C14H21NO2S/c1-11(6-8-15)18(16)10-12-7-9-17-14-5-3-2-4-13(12)14/h2-5,11-12H,6-10,15H2,1H3. The first-order valence-corrected chi connectivity index (χ1v) is 7.89. The number of hydrogen-bond donors (Lipinski definition) is 1. The number of ether oxygens (including phenoxy) is 1. The zero-order valence-electron chi connectivity index (χ0n) is 10.8. The molecule has 100 valence electrons. The Bertz CT molecular complexity index is 422. The van der Waals surface area contributed by atoms with Gasteiger partial charge in [0, 0.05) is 27.7 Å². The van der Waals surface area contributed by atoms with E-state index in [9.17, 15) is 4.21 Å². The molecule has 0 radical (unpaired) electrons. The van der Waals surface area contributed by atoms with Crippen molar-refractivity contribution in [2.75, 3.05) is 18.9 Å². The van der Waals surface area contributed by atoms with Gasteiger partial charge < -0.3 is 10.5 Å². The van der Waals surface area contributed by atoms with Gasteiger partial charge in [-0.25, -0.2) is 0 Å². The summed E-state index contributed by atoms with van der Waals surface area (Å²) in [5, 5.41) is 0.185. The van der Waals surface area contributed by atoms with Crippen LogP contribution in [-0.4, -0.2) is 28.4 Å². The lowest BCUT2D eigenvalue weighted by molar-refractivity contribution is 0.273. The van der Waals surface area contributed by atoms with Gasteiger partial charge in [-0.15, -0.1) is 0 Å². The highest BCUT2D eigenvalue weighted by Crippen LogP contribution is 2.34. The summed E-state index contributed by atoms with van der Waals surface area (Å²) in [6, 6.07) is 8.08. The Balaban J connectivity index is 2.05. The predicted octanol–water partition coefficient (Wildman–Crippen LogP) is 2.04. The number of para-hydroxylation sites is 1. The van der Waals surface area contributed by atoms with Crippen LogP contribution in [0.3, 0.4) is 0 Å². The molecule has 3 unspecified atom stereocenters. The molecular weight excluding hydrogens is 246 g/mol. The van der Waals surface area contributed by atoms with E-state index in [4.69, 9.17) is 10.5 Å². The van der Waals surface area contributed by atoms with Crippen LogP contribution in [0.4, 0.5) is 0 Å². The molecule has 0 aromatic heterocycles. The molecule has 2 rings (SSSR count). The molecule has 0 saturated carbocycles. The van der Waals surface area contributed by atoms with Gasteiger partial charge in [-0.1, -0.05) is 25.1 Å². The summed E-state index contributed by atoms with van der Waals surface area (Å²) in [6.45, 7) is 3.36. The van der Waals surface area contributed by atoms with Crippen molar-refractivity contribution >= 4 is 10.8 Å². The molecule has 0 saturated heterocycles. The maximum absolute atomic E-state index is 12.2. The smallest absolute Gasteiger partial charge is 0.122 e. The van der Waals surface area contributed by atoms with Crippen molar-refractivity contribution in [2.24, 2.45) is 5.73 Å². The molecule has 1 aromatic rings. The van der Waals surface area contributed by atoms with E-state index in [1.54, 1.807) is 0 Å². The third kappa shape index (κ3) is 3.12. The van der Waals surface area contributed by atoms with Crippen LogP contribution in [0.1, 0.15) is 31.2 Å². The minimum absolute atomic E-state index is 0.185. The van der Waals surface area contributed by atoms with Gasteiger partial charge in [-0.3, -0.25) is 4.21 Å². The number of fused-ring (bicyclic) bond motifs is 1. The van der Waals surface area contributed by atoms with E-state index in [2.05, 4.69) is 6.07 Å². The van der Waals surface area contributed by atoms with Crippen molar-refractivity contribution in [2.45, 2.75) is 30.9 Å². The van der Waals surface area contributed by atoms with Crippen molar-refractivity contribution < 1.29 is 8.95 Å². The summed E-state index contributed by atoms with van der Waals surface area (Å²) in [4.78, 5) is 0. The van der Waals surface area contributed by atoms with Crippen molar-refractivity contribution in [3.63, 3.8) is 0 Å². The molecule has 0 bridgehead atoms. The summed E-state index contributed by atoms with van der Waals surface area (Å²) in [5.41, 5.74) is 6.73. The molecule has 1 aliphatic heterocycles. The van der Waals surface area contributed by atoms with Crippen molar-refractivity contribution in [3.05, 3.63) is 29.8 Å². The van der Waals surface area contributed by atoms with E-state index in [0.717, 1.165) is 31.0 Å². The highest BCUT2D eigenvalue weighted by molar-refractivity contribution is 7.85. The molecule has 4 heteroatoms. The first-order chi connectivity index (χ1) is 8.72. The van der Waals surface area contributed by atoms with Crippen molar-refractivity contribution in [1.29, 1.82) is 0 Å². The van der Waals surface area contributed by atoms with E-state index >= 15 is 0 Å². The molecule has 3 nitrogen and oxygen atoms in total. The Hall–Kier alpha value is -0.870. The zero-order chi connectivity index (χ0) is 13.0. The van der Waals surface area contributed by atoms with Gasteiger partial charge >= 0.3 is 0 Å². The molecule has 18 heavy (non-hydrogen) atoms. The Morgan fingerprint density at radius 2 is 2.28 bits per heavy atom. The Morgan fingerprint density at radius 3 is 3.06 bits per heavy atom. The Labute approximate surface area is 111 Å². The van der Waals surface area contributed by atoms with Crippen LogP contribution in [0.25, 0.3) is 0 Å². The predicted molar refractivity (Wildman–Crippen MR) is 75.4 cm³/mol. The first-order valence-electron chi connectivity index (χ1n) is 6.51. The molecular formula is C14H21NO2S. The van der Waals surface area contributed by atoms with Gasteiger partial charge in [-0.05, 0) is 31.0 Å². The molecule has 2 N–H and O–H groups in total. The SMILES string of the molecule is CC(CCN)S(=O)CC1CCOc2ccccc21. The van der Waals surface area contributed by atoms with Crippen molar-refractivity contribution in [1.82, 2.24) is 0 Å². The van der Waals surface area contributed by atoms with E-state index < -0.39 is 10.8 Å². The fourth-order valence-electron chi connectivity index (χ4n) is 2.32. The van der Waals surface area contributed by atoms with Crippen LogP contribution < -0.4 is 10.5 Å². The van der Waals surface area contributed by atoms with E-state index in [-0.39, 0.29) is 5.25 Å². The van der Waals surface area contributed by atoms with E-state index in [0.29, 0.717) is 12.5 Å². The first kappa shape index (κ1) is 13.6. The molecule has 0 aliphatic carbocycles. The largest absolute Gasteiger partial charge is 0.493 e. The van der Waals surface area contributed by atoms with Gasteiger partial charge in [0.2, 0.25) is 0 Å². The summed E-state index contributed by atoms with van der Waals surface area (Å²) < 4.78 is 17.9. The third-order valence-corrected chi connectivity index (χ3v) is 5.33. The molecule has 0 spiro atoms. The van der Waals surface area contributed by atoms with Crippen molar-refractivity contribution in [3.8, 4) is 5.75 Å². The lowest BCUT2D eigenvalue weighted by Crippen LogP contribution is -2.24. The number of hydrogen-bond acceptors (Lipinski definition) is 3. The Morgan fingerprint density at radius 1 is 1.50 bits per heavy atom. The average molecular weight is 267 g/mol. The van der Waals surface area contributed by atoms with Crippen LogP contribution in [0.15, 0.2) is 24.3 Å². The average Bonchev–Trinajstić information content (AvgIpc) is 2.39. The monoisotopic (exact) mass is 267 g/mol. The molecule has 1 aromatic carbocycles. The topological polar surface area (TPSA) is 52.3 Å². The quantitative estimate of drug-likeness (QED) is 0.888. The van der Waals surface area contributed by atoms with Crippen LogP contribution >= 0.6 is 0 Å². The summed E-state index contributed by atoms with van der Waals surface area (Å²) in [6.07, 6.45) is 1.79. The van der Waals surface area contributed by atoms with Crippen LogP contribution in [-0.2, 0) is 10.8 Å². The molecule has 0 amide bonds. The summed E-state index contributed by atoms with van der Waals surface area (Å²) in [7, 11) is -0.805. The molecule has 3 atom stereocenters. The van der Waals surface area contributed by atoms with E-state index in [1.807, 2.05) is 25.1 Å². The van der Waals surface area contributed by atoms with Gasteiger partial charge in [0.15, 0.2) is 0 Å². The van der Waals surface area contributed by atoms with Gasteiger partial charge in [0.25, 0.3) is 0 Å². The highest BCUT2D eigenvalue weighted by Gasteiger charge is 2.24. The van der Waals surface area contributed by atoms with Gasteiger partial charge in [0.1, 0.15) is 5.75 Å². The third-order valence-electron chi connectivity index (χ3n) is 3.47. The minimum Gasteiger partial charge on any atom is -0.493 e. The summed E-state index contributed by atoms with van der Waals surface area (Å²) in [5.74, 6) is 2.04. The fraction of sp³-hybridized carbons (Fsp3) is 0.571. The minimum atomic E-state index is -0.805. The fourth-order valence-corrected chi connectivity index (χ4v) is 3.79. The second-order valence-electron chi connectivity index (χ2n) is 4.81. The molecule has 1 aliphatic rings. The maximum atomic E-state index is 12.2. The lowest BCUT2D eigenvalue weighted by Gasteiger charge is -2.26. The van der Waals surface area contributed by atoms with Gasteiger partial charge in [-0.2, -0.15) is 0 Å². The van der Waals surface area contributed by atoms with Crippen LogP contribution in [0, 0.1) is 0 Å². The van der Waals surface area contributed by atoms with E-state index in [1.165, 1.54) is 5.56 Å². The number of nitrogens with two attached hydrogens (primary N) is 1. The highest BCUT2D eigenvalue weighted by atomic mass is 32.2. The Kier molecular flexibility index (Phi) is 4.78. The number of benzene rings is 1. The molecule has 1 heterocycles. The molecule has 0 fully saturated rings. The second kappa shape index (κ2) is 6.34. The van der Waals surface area contributed by atoms with Crippen LogP contribution in [0.2, 0.25) is 0 Å². The lowest BCUT2D eigenvalue weighted by atomic mass is 9.95. The maximum Gasteiger partial charge on any atom is 0.122 e. The normalized spacial score (nSPS) is 21.8. The zero-order valence-corrected chi connectivity index (χ0v) is 11.6. The van der Waals surface area contributed by atoms with Gasteiger partial charge in [0.05, 0.1) is 6.61 Å². The second-order valence-corrected chi connectivity index (χ2v) is 6.71.